The highest BCUT2D eigenvalue weighted by Crippen LogP contribution is 2.17. The van der Waals surface area contributed by atoms with E-state index in [0.29, 0.717) is 0 Å². The minimum atomic E-state index is -0.668. The molecule has 0 saturated carbocycles. The Morgan fingerprint density at radius 3 is 2.59 bits per heavy atom. The minimum absolute atomic E-state index is 0.174. The zero-order chi connectivity index (χ0) is 13.0. The fraction of sp³-hybridized carbons (Fsp3) is 0.417. The summed E-state index contributed by atoms with van der Waals surface area (Å²) in [7, 11) is 0. The number of hydrogen-bond donors (Lipinski definition) is 2. The van der Waals surface area contributed by atoms with Crippen molar-refractivity contribution in [1.29, 1.82) is 0 Å². The molecule has 0 heterocycles. The first kappa shape index (κ1) is 13.6. The Balaban J connectivity index is 2.69. The average molecular weight is 242 g/mol. The molecule has 0 spiro atoms. The summed E-state index contributed by atoms with van der Waals surface area (Å²) in [6, 6.07) is 2.51. The number of carbonyl (C=O) groups excluding carboxylic acids is 1. The van der Waals surface area contributed by atoms with E-state index >= 15 is 0 Å². The second-order valence-electron chi connectivity index (χ2n) is 4.14. The molecule has 1 unspecified atom stereocenters. The molecule has 1 aromatic carbocycles. The normalized spacial score (nSPS) is 14.2. The van der Waals surface area contributed by atoms with Crippen LogP contribution in [0.25, 0.3) is 0 Å². The largest absolute Gasteiger partial charge is 0.349 e. The lowest BCUT2D eigenvalue weighted by Gasteiger charge is -2.15. The molecule has 3 N–H and O–H groups in total. The number of halogens is 2. The van der Waals surface area contributed by atoms with Crippen molar-refractivity contribution in [1.82, 2.24) is 5.32 Å². The third-order valence-electron chi connectivity index (χ3n) is 2.31. The second-order valence-corrected chi connectivity index (χ2v) is 4.14. The maximum absolute atomic E-state index is 13.4. The molecule has 0 aliphatic rings. The first-order valence-corrected chi connectivity index (χ1v) is 5.40. The molecule has 0 aromatic heterocycles. The molecule has 17 heavy (non-hydrogen) atoms. The van der Waals surface area contributed by atoms with Gasteiger partial charge >= 0.3 is 0 Å². The topological polar surface area (TPSA) is 55.1 Å². The van der Waals surface area contributed by atoms with Crippen molar-refractivity contribution in [2.75, 3.05) is 0 Å². The number of rotatable bonds is 4. The highest BCUT2D eigenvalue weighted by atomic mass is 19.1. The second kappa shape index (κ2) is 5.72. The van der Waals surface area contributed by atoms with Crippen LogP contribution in [0.1, 0.15) is 31.9 Å². The predicted octanol–water partition coefficient (Wildman–Crippen LogP) is 1.88. The maximum atomic E-state index is 13.4. The summed E-state index contributed by atoms with van der Waals surface area (Å²) in [5.74, 6) is -1.56. The van der Waals surface area contributed by atoms with Crippen LogP contribution in [0.15, 0.2) is 18.2 Å². The Morgan fingerprint density at radius 1 is 1.41 bits per heavy atom. The smallest absolute Gasteiger partial charge is 0.222 e. The van der Waals surface area contributed by atoms with Gasteiger partial charge in [-0.1, -0.05) is 6.07 Å². The summed E-state index contributed by atoms with van der Waals surface area (Å²) >= 11 is 0. The molecule has 0 radical (unpaired) electrons. The van der Waals surface area contributed by atoms with Crippen LogP contribution >= 0.6 is 0 Å². The van der Waals surface area contributed by atoms with Crippen LogP contribution in [0, 0.1) is 11.6 Å². The number of amides is 1. The van der Waals surface area contributed by atoms with Gasteiger partial charge in [-0.15, -0.1) is 0 Å². The van der Waals surface area contributed by atoms with Crippen LogP contribution < -0.4 is 11.1 Å². The number of nitrogens with two attached hydrogens (primary N) is 1. The highest BCUT2D eigenvalue weighted by Gasteiger charge is 2.14. The van der Waals surface area contributed by atoms with Gasteiger partial charge in [0.2, 0.25) is 5.91 Å². The van der Waals surface area contributed by atoms with Gasteiger partial charge in [0, 0.05) is 24.1 Å². The summed E-state index contributed by atoms with van der Waals surface area (Å²) in [6.45, 7) is 3.35. The van der Waals surface area contributed by atoms with Crippen molar-refractivity contribution in [3.8, 4) is 0 Å². The van der Waals surface area contributed by atoms with Crippen molar-refractivity contribution in [2.45, 2.75) is 32.4 Å². The number of benzene rings is 1. The summed E-state index contributed by atoms with van der Waals surface area (Å²) < 4.78 is 26.1. The summed E-state index contributed by atoms with van der Waals surface area (Å²) in [5.41, 5.74) is 5.73. The molecule has 1 aromatic rings. The molecule has 0 aliphatic carbocycles. The molecule has 0 saturated heterocycles. The van der Waals surface area contributed by atoms with Crippen molar-refractivity contribution in [3.05, 3.63) is 35.4 Å². The molecular formula is C12H16F2N2O. The Labute approximate surface area is 99.0 Å². The van der Waals surface area contributed by atoms with Crippen LogP contribution in [-0.2, 0) is 4.79 Å². The summed E-state index contributed by atoms with van der Waals surface area (Å²) in [4.78, 5) is 11.4. The Bertz CT molecular complexity index is 407. The van der Waals surface area contributed by atoms with Gasteiger partial charge in [-0.2, -0.15) is 0 Å². The van der Waals surface area contributed by atoms with Crippen molar-refractivity contribution in [2.24, 2.45) is 5.73 Å². The molecule has 1 rings (SSSR count). The van der Waals surface area contributed by atoms with Crippen molar-refractivity contribution in [3.63, 3.8) is 0 Å². The van der Waals surface area contributed by atoms with E-state index in [1.54, 1.807) is 13.8 Å². The first-order chi connectivity index (χ1) is 7.90. The molecule has 5 heteroatoms. The molecular weight excluding hydrogens is 226 g/mol. The van der Waals surface area contributed by atoms with Gasteiger partial charge in [-0.05, 0) is 19.9 Å². The highest BCUT2D eigenvalue weighted by molar-refractivity contribution is 5.76. The fourth-order valence-electron chi connectivity index (χ4n) is 1.52. The van der Waals surface area contributed by atoms with E-state index < -0.39 is 17.7 Å². The zero-order valence-electron chi connectivity index (χ0n) is 9.84. The van der Waals surface area contributed by atoms with Crippen LogP contribution in [-0.4, -0.2) is 11.9 Å². The minimum Gasteiger partial charge on any atom is -0.349 e. The Hall–Kier alpha value is -1.49. The van der Waals surface area contributed by atoms with E-state index in [-0.39, 0.29) is 23.9 Å². The Morgan fingerprint density at radius 2 is 2.06 bits per heavy atom. The first-order valence-electron chi connectivity index (χ1n) is 5.40. The van der Waals surface area contributed by atoms with Gasteiger partial charge in [0.1, 0.15) is 11.6 Å². The predicted molar refractivity (Wildman–Crippen MR) is 61.2 cm³/mol. The van der Waals surface area contributed by atoms with Gasteiger partial charge in [-0.25, -0.2) is 8.78 Å². The lowest BCUT2D eigenvalue weighted by atomic mass is 10.1. The van der Waals surface area contributed by atoms with Gasteiger partial charge in [0.15, 0.2) is 0 Å². The summed E-state index contributed by atoms with van der Waals surface area (Å²) in [6.07, 6.45) is 0.174. The van der Waals surface area contributed by atoms with Crippen LogP contribution in [0.4, 0.5) is 8.78 Å². The number of nitrogens with one attached hydrogen (secondary N) is 1. The van der Waals surface area contributed by atoms with Gasteiger partial charge in [0.25, 0.3) is 0 Å². The monoisotopic (exact) mass is 242 g/mol. The quantitative estimate of drug-likeness (QED) is 0.847. The summed E-state index contributed by atoms with van der Waals surface area (Å²) in [5, 5.41) is 2.61. The van der Waals surface area contributed by atoms with E-state index in [9.17, 15) is 13.6 Å². The van der Waals surface area contributed by atoms with Crippen LogP contribution in [0.5, 0.6) is 0 Å². The van der Waals surface area contributed by atoms with E-state index in [4.69, 9.17) is 5.73 Å². The third-order valence-corrected chi connectivity index (χ3v) is 2.31. The van der Waals surface area contributed by atoms with Crippen molar-refractivity contribution < 1.29 is 13.6 Å². The van der Waals surface area contributed by atoms with Gasteiger partial charge < -0.3 is 11.1 Å². The van der Waals surface area contributed by atoms with Crippen molar-refractivity contribution >= 4 is 5.91 Å². The average Bonchev–Trinajstić information content (AvgIpc) is 2.15. The zero-order valence-corrected chi connectivity index (χ0v) is 9.84. The fourth-order valence-corrected chi connectivity index (χ4v) is 1.52. The molecule has 0 bridgehead atoms. The van der Waals surface area contributed by atoms with Crippen LogP contribution in [0.3, 0.4) is 0 Å². The lowest BCUT2D eigenvalue weighted by Crippen LogP contribution is -2.32. The maximum Gasteiger partial charge on any atom is 0.222 e. The molecule has 94 valence electrons. The van der Waals surface area contributed by atoms with E-state index in [1.807, 2.05) is 0 Å². The van der Waals surface area contributed by atoms with Gasteiger partial charge in [-0.3, -0.25) is 4.79 Å². The molecule has 0 aliphatic heterocycles. The molecule has 3 nitrogen and oxygen atoms in total. The third kappa shape index (κ3) is 4.11. The molecule has 0 fully saturated rings. The van der Waals surface area contributed by atoms with Crippen LogP contribution in [0.2, 0.25) is 0 Å². The molecule has 1 amide bonds. The number of carbonyl (C=O) groups is 1. The number of hydrogen-bond acceptors (Lipinski definition) is 2. The van der Waals surface area contributed by atoms with E-state index in [0.717, 1.165) is 12.1 Å². The molecule has 2 atom stereocenters. The lowest BCUT2D eigenvalue weighted by molar-refractivity contribution is -0.122. The van der Waals surface area contributed by atoms with Gasteiger partial charge in [0.05, 0.1) is 6.04 Å². The Kier molecular flexibility index (Phi) is 4.57. The van der Waals surface area contributed by atoms with E-state index in [1.165, 1.54) is 6.07 Å². The van der Waals surface area contributed by atoms with E-state index in [2.05, 4.69) is 5.32 Å². The standard InChI is InChI=1S/C12H16F2N2O/c1-7(15)5-12(17)16-8(2)10-4-3-9(13)6-11(10)14/h3-4,6-8H,5,15H2,1-2H3,(H,16,17)/t7?,8-/m1/s1. The SMILES string of the molecule is CC(N)CC(=O)N[C@H](C)c1ccc(F)cc1F.